The number of hydrogen-bond donors (Lipinski definition) is 1. The molecule has 0 saturated carbocycles. The molecule has 0 unspecified atom stereocenters. The highest BCUT2D eigenvalue weighted by molar-refractivity contribution is 9.10. The molecule has 0 aliphatic rings. The highest BCUT2D eigenvalue weighted by atomic mass is 79.9. The fourth-order valence-corrected chi connectivity index (χ4v) is 2.75. The molecule has 1 N–H and O–H groups in total. The molecule has 0 aromatic carbocycles. The normalized spacial score (nSPS) is 11.3. The molecule has 2 aromatic heterocycles. The Morgan fingerprint density at radius 1 is 1.12 bits per heavy atom. The Hall–Kier alpha value is -0.970. The maximum Gasteiger partial charge on any atom is 0.198 e. The Balaban J connectivity index is 2.09. The second kappa shape index (κ2) is 10.9. The van der Waals surface area contributed by atoms with Crippen LogP contribution in [0.5, 0.6) is 0 Å². The number of fused-ring (bicyclic) bond motifs is 1. The Kier molecular flexibility index (Phi) is 8.87. The Morgan fingerprint density at radius 3 is 2.52 bits per heavy atom. The fourth-order valence-electron chi connectivity index (χ4n) is 2.15. The number of ether oxygens (including phenoxy) is 3. The summed E-state index contributed by atoms with van der Waals surface area (Å²) in [6.07, 6.45) is 1.55. The van der Waals surface area contributed by atoms with E-state index < -0.39 is 0 Å². The minimum absolute atomic E-state index is 0.00522. The van der Waals surface area contributed by atoms with E-state index in [4.69, 9.17) is 40.4 Å². The summed E-state index contributed by atoms with van der Waals surface area (Å²) in [6.45, 7) is 3.51. The van der Waals surface area contributed by atoms with Gasteiger partial charge < -0.3 is 33.1 Å². The molecular weight excluding hydrogens is 414 g/mol. The molecule has 25 heavy (non-hydrogen) atoms. The van der Waals surface area contributed by atoms with Crippen LogP contribution in [0.25, 0.3) is 11.2 Å². The number of rotatable bonds is 12. The van der Waals surface area contributed by atoms with Gasteiger partial charge in [0.05, 0.1) is 48.6 Å². The average Bonchev–Trinajstić information content (AvgIpc) is 2.98. The SMILES string of the molecule is COCCOCCN(CCOCCO)c1cc(=S)c2occ(Br)c2o1. The van der Waals surface area contributed by atoms with Gasteiger partial charge in [0, 0.05) is 26.3 Å². The molecule has 7 nitrogen and oxygen atoms in total. The molecule has 2 heterocycles. The molecular formula is C16H22BrNO6S. The van der Waals surface area contributed by atoms with Crippen molar-refractivity contribution in [2.24, 2.45) is 0 Å². The molecule has 0 spiro atoms. The third kappa shape index (κ3) is 6.05. The van der Waals surface area contributed by atoms with Crippen LogP contribution in [0.4, 0.5) is 5.88 Å². The molecule has 0 atom stereocenters. The van der Waals surface area contributed by atoms with E-state index in [0.717, 1.165) is 0 Å². The number of halogens is 1. The third-order valence-corrected chi connectivity index (χ3v) is 4.23. The number of furan rings is 1. The van der Waals surface area contributed by atoms with Gasteiger partial charge in [0.15, 0.2) is 17.1 Å². The first-order valence-corrected chi connectivity index (χ1v) is 9.08. The number of aliphatic hydroxyl groups excluding tert-OH is 1. The van der Waals surface area contributed by atoms with Crippen molar-refractivity contribution in [2.75, 3.05) is 64.7 Å². The predicted octanol–water partition coefficient (Wildman–Crippen LogP) is 3.00. The molecule has 0 aliphatic carbocycles. The van der Waals surface area contributed by atoms with Crippen LogP contribution in [0.1, 0.15) is 0 Å². The van der Waals surface area contributed by atoms with Gasteiger partial charge in [-0.15, -0.1) is 0 Å². The van der Waals surface area contributed by atoms with E-state index >= 15 is 0 Å². The molecule has 0 saturated heterocycles. The van der Waals surface area contributed by atoms with Crippen LogP contribution in [-0.4, -0.2) is 64.9 Å². The van der Waals surface area contributed by atoms with Crippen LogP contribution in [0.15, 0.2) is 25.6 Å². The van der Waals surface area contributed by atoms with Gasteiger partial charge >= 0.3 is 0 Å². The number of anilines is 1. The zero-order valence-electron chi connectivity index (χ0n) is 14.0. The number of aliphatic hydroxyl groups is 1. The van der Waals surface area contributed by atoms with E-state index in [2.05, 4.69) is 15.9 Å². The number of nitrogens with zero attached hydrogens (tertiary/aromatic N) is 1. The first kappa shape index (κ1) is 20.3. The lowest BCUT2D eigenvalue weighted by atomic mass is 10.4. The van der Waals surface area contributed by atoms with Gasteiger partial charge in [0.2, 0.25) is 0 Å². The van der Waals surface area contributed by atoms with Gasteiger partial charge in [-0.2, -0.15) is 0 Å². The standard InChI is InChI=1S/C16H22BrNO6S/c1-20-8-9-22-6-3-18(2-5-21-7-4-19)14-10-13(25)16-15(24-14)12(17)11-23-16/h10-11,19H,2-9H2,1H3. The van der Waals surface area contributed by atoms with Crippen molar-refractivity contribution in [3.05, 3.63) is 21.3 Å². The van der Waals surface area contributed by atoms with Gasteiger partial charge in [-0.3, -0.25) is 0 Å². The minimum atomic E-state index is -0.00522. The van der Waals surface area contributed by atoms with Crippen molar-refractivity contribution >= 4 is 45.2 Å². The smallest absolute Gasteiger partial charge is 0.198 e. The monoisotopic (exact) mass is 435 g/mol. The van der Waals surface area contributed by atoms with E-state index in [0.29, 0.717) is 72.2 Å². The van der Waals surface area contributed by atoms with E-state index in [1.807, 2.05) is 4.90 Å². The lowest BCUT2D eigenvalue weighted by Crippen LogP contribution is -2.31. The van der Waals surface area contributed by atoms with Crippen molar-refractivity contribution in [3.8, 4) is 0 Å². The second-order valence-electron chi connectivity index (χ2n) is 5.12. The first-order chi connectivity index (χ1) is 12.2. The summed E-state index contributed by atoms with van der Waals surface area (Å²) in [4.78, 5) is 1.98. The molecule has 0 fully saturated rings. The van der Waals surface area contributed by atoms with Crippen molar-refractivity contribution < 1.29 is 28.2 Å². The number of methoxy groups -OCH3 is 1. The third-order valence-electron chi connectivity index (χ3n) is 3.38. The van der Waals surface area contributed by atoms with Crippen molar-refractivity contribution in [3.63, 3.8) is 0 Å². The Labute approximate surface area is 159 Å². The maximum atomic E-state index is 8.82. The van der Waals surface area contributed by atoms with Crippen molar-refractivity contribution in [2.45, 2.75) is 0 Å². The summed E-state index contributed by atoms with van der Waals surface area (Å²) in [5, 5.41) is 8.82. The summed E-state index contributed by atoms with van der Waals surface area (Å²) < 4.78 is 28.5. The van der Waals surface area contributed by atoms with Crippen LogP contribution >= 0.6 is 28.1 Å². The topological polar surface area (TPSA) is 77.4 Å². The molecule has 9 heteroatoms. The van der Waals surface area contributed by atoms with Crippen molar-refractivity contribution in [1.82, 2.24) is 0 Å². The average molecular weight is 436 g/mol. The summed E-state index contributed by atoms with van der Waals surface area (Å²) in [7, 11) is 1.64. The molecule has 0 amide bonds. The molecule has 0 radical (unpaired) electrons. The summed E-state index contributed by atoms with van der Waals surface area (Å²) >= 11 is 8.78. The first-order valence-electron chi connectivity index (χ1n) is 7.88. The highest BCUT2D eigenvalue weighted by Crippen LogP contribution is 2.31. The van der Waals surface area contributed by atoms with E-state index in [9.17, 15) is 0 Å². The molecule has 0 aliphatic heterocycles. The van der Waals surface area contributed by atoms with Gasteiger partial charge in [-0.05, 0) is 15.9 Å². The largest absolute Gasteiger partial charge is 0.458 e. The lowest BCUT2D eigenvalue weighted by Gasteiger charge is -2.23. The zero-order chi connectivity index (χ0) is 18.1. The molecule has 2 rings (SSSR count). The van der Waals surface area contributed by atoms with Gasteiger partial charge in [-0.25, -0.2) is 0 Å². The van der Waals surface area contributed by atoms with E-state index in [1.165, 1.54) is 0 Å². The summed E-state index contributed by atoms with van der Waals surface area (Å²) in [5.74, 6) is 0.613. The van der Waals surface area contributed by atoms with Crippen molar-refractivity contribution in [1.29, 1.82) is 0 Å². The highest BCUT2D eigenvalue weighted by Gasteiger charge is 2.15. The van der Waals surface area contributed by atoms with Crippen LogP contribution < -0.4 is 4.90 Å². The summed E-state index contributed by atoms with van der Waals surface area (Å²) in [6, 6.07) is 1.76. The maximum absolute atomic E-state index is 8.82. The molecule has 2 aromatic rings. The van der Waals surface area contributed by atoms with Crippen LogP contribution in [0.2, 0.25) is 0 Å². The Bertz CT molecular complexity index is 703. The molecule has 0 bridgehead atoms. The fraction of sp³-hybridized carbons (Fsp3) is 0.562. The van der Waals surface area contributed by atoms with Gasteiger partial charge in [-0.1, -0.05) is 12.2 Å². The quantitative estimate of drug-likeness (QED) is 0.402. The van der Waals surface area contributed by atoms with Crippen LogP contribution in [0.3, 0.4) is 0 Å². The van der Waals surface area contributed by atoms with Gasteiger partial charge in [0.1, 0.15) is 6.26 Å². The van der Waals surface area contributed by atoms with E-state index in [-0.39, 0.29) is 6.61 Å². The second-order valence-corrected chi connectivity index (χ2v) is 6.41. The summed E-state index contributed by atoms with van der Waals surface area (Å²) in [5.41, 5.74) is 1.11. The van der Waals surface area contributed by atoms with Crippen LogP contribution in [-0.2, 0) is 14.2 Å². The lowest BCUT2D eigenvalue weighted by molar-refractivity contribution is 0.0716. The minimum Gasteiger partial charge on any atom is -0.458 e. The van der Waals surface area contributed by atoms with E-state index in [1.54, 1.807) is 19.4 Å². The van der Waals surface area contributed by atoms with Crippen LogP contribution in [0, 0.1) is 4.51 Å². The van der Waals surface area contributed by atoms with Gasteiger partial charge in [0.25, 0.3) is 0 Å². The Morgan fingerprint density at radius 2 is 1.84 bits per heavy atom. The zero-order valence-corrected chi connectivity index (χ0v) is 16.4. The predicted molar refractivity (Wildman–Crippen MR) is 99.8 cm³/mol. The number of hydrogen-bond acceptors (Lipinski definition) is 8. The molecule has 140 valence electrons.